The number of nitrogens with zero attached hydrogens (tertiary/aromatic N) is 1. The summed E-state index contributed by atoms with van der Waals surface area (Å²) in [7, 11) is 1.88. The van der Waals surface area contributed by atoms with Crippen molar-refractivity contribution in [2.45, 2.75) is 6.04 Å². The second-order valence-electron chi connectivity index (χ2n) is 4.20. The predicted octanol–water partition coefficient (Wildman–Crippen LogP) is 1.59. The molecular formula is C13H16FN3OS. The number of aliphatic imine (C=N–C) groups is 1. The Hall–Kier alpha value is -1.40. The first-order valence-corrected chi connectivity index (χ1v) is 7.06. The minimum Gasteiger partial charge on any atom is -0.357 e. The Morgan fingerprint density at radius 1 is 1.63 bits per heavy atom. The number of hydrogen-bond donors (Lipinski definition) is 2. The summed E-state index contributed by atoms with van der Waals surface area (Å²) in [5, 5.41) is 7.07. The van der Waals surface area contributed by atoms with E-state index in [1.54, 1.807) is 23.9 Å². The van der Waals surface area contributed by atoms with Crippen molar-refractivity contribution in [3.63, 3.8) is 0 Å². The predicted molar refractivity (Wildman–Crippen MR) is 76.4 cm³/mol. The monoisotopic (exact) mass is 281 g/mol. The summed E-state index contributed by atoms with van der Waals surface area (Å²) >= 11 is 1.59. The lowest BCUT2D eigenvalue weighted by atomic mass is 10.1. The maximum atomic E-state index is 13.9. The van der Waals surface area contributed by atoms with Crippen LogP contribution in [0.25, 0.3) is 0 Å². The number of benzene rings is 1. The summed E-state index contributed by atoms with van der Waals surface area (Å²) in [6.45, 7) is 1.52. The molecular weight excluding hydrogens is 265 g/mol. The average Bonchev–Trinajstić information content (AvgIpc) is 2.87. The van der Waals surface area contributed by atoms with Gasteiger partial charge in [0.2, 0.25) is 0 Å². The van der Waals surface area contributed by atoms with Gasteiger partial charge in [-0.2, -0.15) is 0 Å². The lowest BCUT2D eigenvalue weighted by Crippen LogP contribution is -2.21. The number of nitrogens with one attached hydrogen (secondary N) is 2. The van der Waals surface area contributed by atoms with Crippen LogP contribution in [0.5, 0.6) is 0 Å². The number of carbonyl (C=O) groups is 1. The summed E-state index contributed by atoms with van der Waals surface area (Å²) in [4.78, 5) is 15.0. The quantitative estimate of drug-likeness (QED) is 0.636. The van der Waals surface area contributed by atoms with E-state index in [9.17, 15) is 9.18 Å². The van der Waals surface area contributed by atoms with Crippen molar-refractivity contribution in [2.75, 3.05) is 25.9 Å². The summed E-state index contributed by atoms with van der Waals surface area (Å²) in [6.07, 6.45) is 0.647. The van der Waals surface area contributed by atoms with Crippen LogP contribution in [0.15, 0.2) is 23.2 Å². The summed E-state index contributed by atoms with van der Waals surface area (Å²) < 4.78 is 13.9. The van der Waals surface area contributed by atoms with Crippen molar-refractivity contribution in [3.8, 4) is 0 Å². The van der Waals surface area contributed by atoms with Gasteiger partial charge in [0.25, 0.3) is 0 Å². The van der Waals surface area contributed by atoms with Gasteiger partial charge in [-0.1, -0.05) is 23.9 Å². The third kappa shape index (κ3) is 3.54. The smallest absolute Gasteiger partial charge is 0.157 e. The molecule has 0 amide bonds. The molecule has 4 nitrogen and oxygen atoms in total. The van der Waals surface area contributed by atoms with Gasteiger partial charge in [0, 0.05) is 23.4 Å². The van der Waals surface area contributed by atoms with Crippen LogP contribution < -0.4 is 10.6 Å². The first-order valence-electron chi connectivity index (χ1n) is 6.07. The van der Waals surface area contributed by atoms with Crippen LogP contribution in [0.2, 0.25) is 0 Å². The number of amidine groups is 1. The van der Waals surface area contributed by atoms with Crippen LogP contribution in [-0.4, -0.2) is 37.3 Å². The minimum atomic E-state index is -0.348. The fourth-order valence-electron chi connectivity index (χ4n) is 1.82. The highest BCUT2D eigenvalue weighted by Gasteiger charge is 2.24. The summed E-state index contributed by atoms with van der Waals surface area (Å²) in [6, 6.07) is 4.48. The highest BCUT2D eigenvalue weighted by atomic mass is 32.2. The third-order valence-corrected chi connectivity index (χ3v) is 3.86. The van der Waals surface area contributed by atoms with Crippen molar-refractivity contribution in [1.82, 2.24) is 10.6 Å². The van der Waals surface area contributed by atoms with Gasteiger partial charge in [-0.3, -0.25) is 9.79 Å². The molecule has 2 rings (SSSR count). The Morgan fingerprint density at radius 3 is 3.16 bits per heavy atom. The molecule has 1 saturated heterocycles. The molecule has 0 aromatic heterocycles. The maximum Gasteiger partial charge on any atom is 0.157 e. The second-order valence-corrected chi connectivity index (χ2v) is 5.21. The molecule has 1 aliphatic heterocycles. The number of aldehydes is 1. The van der Waals surface area contributed by atoms with Gasteiger partial charge in [0.05, 0.1) is 12.6 Å². The minimum absolute atomic E-state index is 0.0842. The number of carbonyl (C=O) groups excluding carboxylic acids is 1. The molecule has 0 saturated carbocycles. The van der Waals surface area contributed by atoms with E-state index in [2.05, 4.69) is 15.6 Å². The molecule has 0 aliphatic carbocycles. The van der Waals surface area contributed by atoms with E-state index in [-0.39, 0.29) is 11.9 Å². The van der Waals surface area contributed by atoms with Crippen molar-refractivity contribution in [1.29, 1.82) is 0 Å². The molecule has 102 valence electrons. The van der Waals surface area contributed by atoms with Crippen LogP contribution >= 0.6 is 11.8 Å². The zero-order valence-corrected chi connectivity index (χ0v) is 11.5. The molecule has 1 unspecified atom stereocenters. The first kappa shape index (κ1) is 14.0. The summed E-state index contributed by atoms with van der Waals surface area (Å²) in [5.41, 5.74) is 0.937. The summed E-state index contributed by atoms with van der Waals surface area (Å²) in [5.74, 6) is 0.398. The molecule has 19 heavy (non-hydrogen) atoms. The topological polar surface area (TPSA) is 53.5 Å². The SMILES string of the molecule is CNCCN=C1NC(c2ccc(C=O)cc2F)CS1. The van der Waals surface area contributed by atoms with Crippen LogP contribution in [0, 0.1) is 5.82 Å². The largest absolute Gasteiger partial charge is 0.357 e. The van der Waals surface area contributed by atoms with Gasteiger partial charge in [0.15, 0.2) is 5.17 Å². The van der Waals surface area contributed by atoms with Crippen LogP contribution in [-0.2, 0) is 0 Å². The molecule has 0 spiro atoms. The third-order valence-electron chi connectivity index (χ3n) is 2.84. The normalized spacial score (nSPS) is 20.5. The van der Waals surface area contributed by atoms with E-state index in [1.165, 1.54) is 6.07 Å². The zero-order chi connectivity index (χ0) is 13.7. The maximum absolute atomic E-state index is 13.9. The molecule has 1 aliphatic rings. The van der Waals surface area contributed by atoms with Crippen LogP contribution in [0.1, 0.15) is 22.0 Å². The number of rotatable bonds is 5. The van der Waals surface area contributed by atoms with E-state index in [0.717, 1.165) is 17.5 Å². The van der Waals surface area contributed by atoms with E-state index >= 15 is 0 Å². The van der Waals surface area contributed by atoms with E-state index < -0.39 is 0 Å². The van der Waals surface area contributed by atoms with Gasteiger partial charge in [-0.05, 0) is 13.1 Å². The van der Waals surface area contributed by atoms with Gasteiger partial charge in [-0.25, -0.2) is 4.39 Å². The van der Waals surface area contributed by atoms with Crippen molar-refractivity contribution in [3.05, 3.63) is 35.1 Å². The van der Waals surface area contributed by atoms with Gasteiger partial charge < -0.3 is 10.6 Å². The Bertz CT molecular complexity index is 493. The number of thioether (sulfide) groups is 1. The van der Waals surface area contributed by atoms with Crippen molar-refractivity contribution >= 4 is 23.2 Å². The molecule has 1 atom stereocenters. The molecule has 0 radical (unpaired) electrons. The van der Waals surface area contributed by atoms with Crippen molar-refractivity contribution in [2.24, 2.45) is 4.99 Å². The van der Waals surface area contributed by atoms with Crippen LogP contribution in [0.4, 0.5) is 4.39 Å². The lowest BCUT2D eigenvalue weighted by Gasteiger charge is -2.11. The van der Waals surface area contributed by atoms with Gasteiger partial charge in [-0.15, -0.1) is 0 Å². The molecule has 1 heterocycles. The average molecular weight is 281 g/mol. The van der Waals surface area contributed by atoms with E-state index in [0.29, 0.717) is 24.0 Å². The highest BCUT2D eigenvalue weighted by molar-refractivity contribution is 8.14. The molecule has 1 aromatic carbocycles. The zero-order valence-electron chi connectivity index (χ0n) is 10.6. The molecule has 6 heteroatoms. The second kappa shape index (κ2) is 6.68. The Morgan fingerprint density at radius 2 is 2.47 bits per heavy atom. The van der Waals surface area contributed by atoms with Crippen LogP contribution in [0.3, 0.4) is 0 Å². The van der Waals surface area contributed by atoms with Gasteiger partial charge >= 0.3 is 0 Å². The van der Waals surface area contributed by atoms with E-state index in [4.69, 9.17) is 0 Å². The highest BCUT2D eigenvalue weighted by Crippen LogP contribution is 2.28. The fourth-order valence-corrected chi connectivity index (χ4v) is 2.82. The number of hydrogen-bond acceptors (Lipinski definition) is 4. The number of halogens is 1. The molecule has 2 N–H and O–H groups in total. The van der Waals surface area contributed by atoms with Gasteiger partial charge in [0.1, 0.15) is 12.1 Å². The first-order chi connectivity index (χ1) is 9.24. The Kier molecular flexibility index (Phi) is 4.93. The molecule has 0 bridgehead atoms. The molecule has 1 aromatic rings. The fraction of sp³-hybridized carbons (Fsp3) is 0.385. The molecule has 1 fully saturated rings. The standard InChI is InChI=1S/C13H16FN3OS/c1-15-4-5-16-13-17-12(8-19-13)10-3-2-9(7-18)6-11(10)14/h2-3,6-7,12,15H,4-5,8H2,1H3,(H,16,17). The Balaban J connectivity index is 2.04. The van der Waals surface area contributed by atoms with E-state index in [1.807, 2.05) is 7.05 Å². The lowest BCUT2D eigenvalue weighted by molar-refractivity contribution is 0.112. The Labute approximate surface area is 115 Å². The number of likely N-dealkylation sites (N-methyl/N-ethyl adjacent to an activating group) is 1. The van der Waals surface area contributed by atoms with Crippen molar-refractivity contribution < 1.29 is 9.18 Å².